The third-order valence-electron chi connectivity index (χ3n) is 2.93. The lowest BCUT2D eigenvalue weighted by atomic mass is 10.1. The standard InChI is InChI=1S/C15H11F3O4S/c1-10(19)11-6-8-12(9-7-11)22-23(20,21)14-5-3-2-4-13(14)15(16,17)18/h2-9H,1H3. The second kappa shape index (κ2) is 6.04. The summed E-state index contributed by atoms with van der Waals surface area (Å²) in [5.41, 5.74) is -0.981. The van der Waals surface area contributed by atoms with Crippen molar-refractivity contribution in [3.63, 3.8) is 0 Å². The van der Waals surface area contributed by atoms with Gasteiger partial charge in [-0.3, -0.25) is 4.79 Å². The van der Waals surface area contributed by atoms with Crippen LogP contribution >= 0.6 is 0 Å². The monoisotopic (exact) mass is 344 g/mol. The number of halogens is 3. The van der Waals surface area contributed by atoms with Crippen molar-refractivity contribution < 1.29 is 30.6 Å². The summed E-state index contributed by atoms with van der Waals surface area (Å²) in [7, 11) is -4.67. The van der Waals surface area contributed by atoms with Gasteiger partial charge in [-0.25, -0.2) is 0 Å². The molecule has 0 fully saturated rings. The van der Waals surface area contributed by atoms with Gasteiger partial charge in [-0.15, -0.1) is 0 Å². The molecule has 0 amide bonds. The molecule has 0 aromatic heterocycles. The molecule has 0 saturated carbocycles. The summed E-state index contributed by atoms with van der Waals surface area (Å²) in [6.07, 6.45) is -4.83. The smallest absolute Gasteiger partial charge is 0.379 e. The van der Waals surface area contributed by atoms with E-state index in [1.54, 1.807) is 0 Å². The lowest BCUT2D eigenvalue weighted by Gasteiger charge is -2.13. The SMILES string of the molecule is CC(=O)c1ccc(OS(=O)(=O)c2ccccc2C(F)(F)F)cc1. The van der Waals surface area contributed by atoms with Crippen molar-refractivity contribution in [2.24, 2.45) is 0 Å². The molecule has 122 valence electrons. The van der Waals surface area contributed by atoms with Crippen LogP contribution in [0.3, 0.4) is 0 Å². The molecule has 8 heteroatoms. The number of Topliss-reactive ketones (excluding diaryl/α,β-unsaturated/α-hetero) is 1. The van der Waals surface area contributed by atoms with Crippen LogP contribution in [0.1, 0.15) is 22.8 Å². The Labute approximate surface area is 130 Å². The van der Waals surface area contributed by atoms with E-state index in [1.807, 2.05) is 0 Å². The maximum Gasteiger partial charge on any atom is 0.417 e. The summed E-state index contributed by atoms with van der Waals surface area (Å²) in [6, 6.07) is 8.78. The summed E-state index contributed by atoms with van der Waals surface area (Å²) in [6.45, 7) is 1.33. The highest BCUT2D eigenvalue weighted by molar-refractivity contribution is 7.87. The van der Waals surface area contributed by atoms with Crippen LogP contribution < -0.4 is 4.18 Å². The minimum absolute atomic E-state index is 0.188. The lowest BCUT2D eigenvalue weighted by Crippen LogP contribution is -2.17. The lowest BCUT2D eigenvalue weighted by molar-refractivity contribution is -0.139. The number of hydrogen-bond donors (Lipinski definition) is 0. The summed E-state index contributed by atoms with van der Waals surface area (Å²) in [4.78, 5) is 10.2. The Hall–Kier alpha value is -2.35. The Kier molecular flexibility index (Phi) is 4.46. The first-order chi connectivity index (χ1) is 10.6. The van der Waals surface area contributed by atoms with Crippen molar-refractivity contribution in [1.82, 2.24) is 0 Å². The van der Waals surface area contributed by atoms with E-state index in [1.165, 1.54) is 37.3 Å². The molecule has 0 atom stereocenters. The first-order valence-corrected chi connectivity index (χ1v) is 7.74. The van der Waals surface area contributed by atoms with Gasteiger partial charge in [-0.05, 0) is 43.3 Å². The summed E-state index contributed by atoms with van der Waals surface area (Å²) >= 11 is 0. The van der Waals surface area contributed by atoms with Crippen molar-refractivity contribution in [3.05, 3.63) is 59.7 Å². The van der Waals surface area contributed by atoms with Crippen LogP contribution in [0.25, 0.3) is 0 Å². The van der Waals surface area contributed by atoms with Gasteiger partial charge in [-0.1, -0.05) is 12.1 Å². The molecule has 2 aromatic rings. The number of carbonyl (C=O) groups is 1. The number of rotatable bonds is 4. The first kappa shape index (κ1) is 17.0. The average molecular weight is 344 g/mol. The quantitative estimate of drug-likeness (QED) is 0.627. The minimum atomic E-state index is -4.83. The first-order valence-electron chi connectivity index (χ1n) is 6.33. The fourth-order valence-electron chi connectivity index (χ4n) is 1.84. The number of carbonyl (C=O) groups excluding carboxylic acids is 1. The van der Waals surface area contributed by atoms with Crippen molar-refractivity contribution in [2.45, 2.75) is 18.0 Å². The summed E-state index contributed by atoms with van der Waals surface area (Å²) < 4.78 is 67.6. The van der Waals surface area contributed by atoms with Crippen LogP contribution in [0.4, 0.5) is 13.2 Å². The van der Waals surface area contributed by atoms with E-state index in [4.69, 9.17) is 4.18 Å². The molecular formula is C15H11F3O4S. The second-order valence-electron chi connectivity index (χ2n) is 4.61. The third-order valence-corrected chi connectivity index (χ3v) is 4.24. The Bertz CT molecular complexity index is 825. The molecule has 0 unspecified atom stereocenters. The number of hydrogen-bond acceptors (Lipinski definition) is 4. The molecular weight excluding hydrogens is 333 g/mol. The average Bonchev–Trinajstić information content (AvgIpc) is 2.46. The van der Waals surface area contributed by atoms with Gasteiger partial charge in [0.05, 0.1) is 5.56 Å². The van der Waals surface area contributed by atoms with E-state index < -0.39 is 26.8 Å². The molecule has 2 aromatic carbocycles. The molecule has 0 aliphatic carbocycles. The van der Waals surface area contributed by atoms with Gasteiger partial charge in [-0.2, -0.15) is 21.6 Å². The third kappa shape index (κ3) is 3.89. The van der Waals surface area contributed by atoms with Crippen molar-refractivity contribution >= 4 is 15.9 Å². The van der Waals surface area contributed by atoms with E-state index in [9.17, 15) is 26.4 Å². The van der Waals surface area contributed by atoms with Gasteiger partial charge in [0.25, 0.3) is 0 Å². The van der Waals surface area contributed by atoms with E-state index in [-0.39, 0.29) is 11.5 Å². The largest absolute Gasteiger partial charge is 0.417 e. The van der Waals surface area contributed by atoms with Crippen LogP contribution in [-0.4, -0.2) is 14.2 Å². The molecule has 0 saturated heterocycles. The summed E-state index contributed by atoms with van der Waals surface area (Å²) in [5, 5.41) is 0. The zero-order valence-corrected chi connectivity index (χ0v) is 12.6. The fraction of sp³-hybridized carbons (Fsp3) is 0.133. The van der Waals surface area contributed by atoms with Crippen molar-refractivity contribution in [2.75, 3.05) is 0 Å². The van der Waals surface area contributed by atoms with E-state index in [0.717, 1.165) is 12.1 Å². The molecule has 0 heterocycles. The van der Waals surface area contributed by atoms with Gasteiger partial charge in [0, 0.05) is 5.56 Å². The molecule has 0 N–H and O–H groups in total. The Morgan fingerprint density at radius 2 is 1.57 bits per heavy atom. The van der Waals surface area contributed by atoms with Gasteiger partial charge in [0.15, 0.2) is 5.78 Å². The number of benzene rings is 2. The van der Waals surface area contributed by atoms with Gasteiger partial charge in [0.2, 0.25) is 0 Å². The molecule has 2 rings (SSSR count). The van der Waals surface area contributed by atoms with Crippen LogP contribution in [0.15, 0.2) is 53.4 Å². The zero-order valence-electron chi connectivity index (χ0n) is 11.8. The number of alkyl halides is 3. The van der Waals surface area contributed by atoms with E-state index >= 15 is 0 Å². The molecule has 0 spiro atoms. The molecule has 0 bridgehead atoms. The predicted molar refractivity (Wildman–Crippen MR) is 75.7 cm³/mol. The maximum absolute atomic E-state index is 12.9. The predicted octanol–water partition coefficient (Wildman–Crippen LogP) is 3.68. The Balaban J connectivity index is 2.38. The summed E-state index contributed by atoms with van der Waals surface area (Å²) in [5.74, 6) is -0.422. The van der Waals surface area contributed by atoms with Gasteiger partial charge < -0.3 is 4.18 Å². The van der Waals surface area contributed by atoms with Crippen LogP contribution in [0.2, 0.25) is 0 Å². The normalized spacial score (nSPS) is 12.0. The van der Waals surface area contributed by atoms with Crippen LogP contribution in [0, 0.1) is 0 Å². The topological polar surface area (TPSA) is 60.4 Å². The van der Waals surface area contributed by atoms with Crippen molar-refractivity contribution in [1.29, 1.82) is 0 Å². The second-order valence-corrected chi connectivity index (χ2v) is 6.13. The zero-order chi connectivity index (χ0) is 17.3. The Morgan fingerprint density at radius 1 is 1.00 bits per heavy atom. The van der Waals surface area contributed by atoms with Crippen LogP contribution in [0.5, 0.6) is 5.75 Å². The number of ketones is 1. The van der Waals surface area contributed by atoms with Crippen molar-refractivity contribution in [3.8, 4) is 5.75 Å². The van der Waals surface area contributed by atoms with E-state index in [2.05, 4.69) is 0 Å². The van der Waals surface area contributed by atoms with Gasteiger partial charge >= 0.3 is 16.3 Å². The van der Waals surface area contributed by atoms with Crippen LogP contribution in [-0.2, 0) is 16.3 Å². The highest BCUT2D eigenvalue weighted by atomic mass is 32.2. The fourth-order valence-corrected chi connectivity index (χ4v) is 2.99. The highest BCUT2D eigenvalue weighted by Gasteiger charge is 2.37. The highest BCUT2D eigenvalue weighted by Crippen LogP contribution is 2.34. The molecule has 0 aliphatic heterocycles. The minimum Gasteiger partial charge on any atom is -0.379 e. The maximum atomic E-state index is 12.9. The molecule has 23 heavy (non-hydrogen) atoms. The molecule has 0 aliphatic rings. The molecule has 4 nitrogen and oxygen atoms in total. The van der Waals surface area contributed by atoms with Gasteiger partial charge in [0.1, 0.15) is 10.6 Å². The molecule has 0 radical (unpaired) electrons. The van der Waals surface area contributed by atoms with E-state index in [0.29, 0.717) is 11.6 Å². The Morgan fingerprint density at radius 3 is 2.09 bits per heavy atom.